The summed E-state index contributed by atoms with van der Waals surface area (Å²) in [4.78, 5) is 9.18. The summed E-state index contributed by atoms with van der Waals surface area (Å²) in [6.07, 6.45) is 2.04. The molecule has 0 unspecified atom stereocenters. The quantitative estimate of drug-likeness (QED) is 0.672. The van der Waals surface area contributed by atoms with Crippen molar-refractivity contribution in [1.82, 2.24) is 9.97 Å². The Labute approximate surface area is 98.0 Å². The summed E-state index contributed by atoms with van der Waals surface area (Å²) in [5.41, 5.74) is 3.50. The number of rotatable bonds is 1. The molecule has 0 saturated heterocycles. The van der Waals surface area contributed by atoms with Gasteiger partial charge >= 0.3 is 0 Å². The van der Waals surface area contributed by atoms with Crippen molar-refractivity contribution in [3.8, 4) is 10.6 Å². The maximum Gasteiger partial charge on any atom is 0.126 e. The first-order valence-corrected chi connectivity index (χ1v) is 6.08. The van der Waals surface area contributed by atoms with Gasteiger partial charge in [0.2, 0.25) is 0 Å². The first-order chi connectivity index (χ1) is 7.75. The van der Waals surface area contributed by atoms with Crippen LogP contribution in [0.2, 0.25) is 0 Å². The van der Waals surface area contributed by atoms with E-state index in [0.717, 1.165) is 10.7 Å². The second kappa shape index (κ2) is 3.46. The fraction of sp³-hybridized carbons (Fsp3) is 0.154. The molecule has 2 heterocycles. The van der Waals surface area contributed by atoms with Gasteiger partial charge in [-0.2, -0.15) is 0 Å². The zero-order valence-electron chi connectivity index (χ0n) is 9.24. The molecule has 1 N–H and O–H groups in total. The summed E-state index contributed by atoms with van der Waals surface area (Å²) in [6, 6.07) is 8.33. The predicted octanol–water partition coefficient (Wildman–Crippen LogP) is 3.91. The summed E-state index contributed by atoms with van der Waals surface area (Å²) in [5, 5.41) is 2.35. The van der Waals surface area contributed by atoms with Crippen LogP contribution in [-0.4, -0.2) is 9.97 Å². The average Bonchev–Trinajstić information content (AvgIpc) is 2.83. The monoisotopic (exact) mass is 228 g/mol. The second-order valence-electron chi connectivity index (χ2n) is 3.91. The Hall–Kier alpha value is -1.61. The van der Waals surface area contributed by atoms with E-state index >= 15 is 0 Å². The van der Waals surface area contributed by atoms with Crippen molar-refractivity contribution in [3.05, 3.63) is 41.0 Å². The van der Waals surface area contributed by atoms with E-state index in [9.17, 15) is 0 Å². The summed E-state index contributed by atoms with van der Waals surface area (Å²) >= 11 is 1.76. The Balaban J connectivity index is 2.26. The first-order valence-electron chi connectivity index (χ1n) is 5.26. The molecule has 0 spiro atoms. The van der Waals surface area contributed by atoms with Gasteiger partial charge in [0.1, 0.15) is 5.01 Å². The van der Waals surface area contributed by atoms with E-state index in [1.807, 2.05) is 12.3 Å². The molecule has 0 atom stereocenters. The zero-order chi connectivity index (χ0) is 11.1. The van der Waals surface area contributed by atoms with Gasteiger partial charge in [-0.1, -0.05) is 18.2 Å². The number of aromatic amines is 1. The van der Waals surface area contributed by atoms with Gasteiger partial charge in [-0.15, -0.1) is 11.3 Å². The van der Waals surface area contributed by atoms with Crippen molar-refractivity contribution in [2.24, 2.45) is 0 Å². The number of para-hydroxylation sites is 1. The van der Waals surface area contributed by atoms with Crippen molar-refractivity contribution in [2.45, 2.75) is 13.8 Å². The van der Waals surface area contributed by atoms with Gasteiger partial charge < -0.3 is 4.98 Å². The lowest BCUT2D eigenvalue weighted by Gasteiger charge is -1.92. The van der Waals surface area contributed by atoms with Crippen molar-refractivity contribution >= 4 is 22.2 Å². The molecule has 3 aromatic rings. The molecule has 16 heavy (non-hydrogen) atoms. The lowest BCUT2D eigenvalue weighted by atomic mass is 10.2. The minimum absolute atomic E-state index is 1.10. The van der Waals surface area contributed by atoms with Crippen LogP contribution in [0.3, 0.4) is 0 Å². The number of aryl methyl sites for hydroxylation is 2. The average molecular weight is 228 g/mol. The van der Waals surface area contributed by atoms with Crippen LogP contribution in [0.4, 0.5) is 0 Å². The summed E-state index contributed by atoms with van der Waals surface area (Å²) in [7, 11) is 0. The third kappa shape index (κ3) is 1.36. The lowest BCUT2D eigenvalue weighted by molar-refractivity contribution is 1.23. The molecule has 0 fully saturated rings. The molecular formula is C13H12N2S. The lowest BCUT2D eigenvalue weighted by Crippen LogP contribution is -1.75. The number of aromatic nitrogens is 2. The van der Waals surface area contributed by atoms with Crippen LogP contribution in [-0.2, 0) is 0 Å². The maximum atomic E-state index is 4.60. The molecule has 0 radical (unpaired) electrons. The van der Waals surface area contributed by atoms with Gasteiger partial charge in [0.05, 0.1) is 5.69 Å². The molecule has 0 aliphatic carbocycles. The Morgan fingerprint density at radius 2 is 2.00 bits per heavy atom. The molecule has 80 valence electrons. The molecule has 0 amide bonds. The fourth-order valence-electron chi connectivity index (χ4n) is 1.84. The predicted molar refractivity (Wildman–Crippen MR) is 68.9 cm³/mol. The molecule has 0 aliphatic rings. The van der Waals surface area contributed by atoms with Gasteiger partial charge in [-0.3, -0.25) is 0 Å². The van der Waals surface area contributed by atoms with E-state index in [4.69, 9.17) is 0 Å². The number of fused-ring (bicyclic) bond motifs is 1. The Morgan fingerprint density at radius 3 is 2.75 bits per heavy atom. The van der Waals surface area contributed by atoms with Crippen LogP contribution in [0, 0.1) is 13.8 Å². The Kier molecular flexibility index (Phi) is 2.07. The van der Waals surface area contributed by atoms with E-state index in [1.165, 1.54) is 21.3 Å². The van der Waals surface area contributed by atoms with Crippen molar-refractivity contribution in [2.75, 3.05) is 0 Å². The highest BCUT2D eigenvalue weighted by Gasteiger charge is 2.10. The molecule has 3 heteroatoms. The molecule has 2 nitrogen and oxygen atoms in total. The number of nitrogens with one attached hydrogen (secondary N) is 1. The highest BCUT2D eigenvalue weighted by atomic mass is 32.1. The van der Waals surface area contributed by atoms with E-state index in [0.29, 0.717) is 0 Å². The summed E-state index contributed by atoms with van der Waals surface area (Å²) in [6.45, 7) is 4.18. The second-order valence-corrected chi connectivity index (χ2v) is 5.11. The fourth-order valence-corrected chi connectivity index (χ4v) is 2.78. The number of hydrogen-bond donors (Lipinski definition) is 1. The topological polar surface area (TPSA) is 28.7 Å². The van der Waals surface area contributed by atoms with Crippen molar-refractivity contribution < 1.29 is 0 Å². The van der Waals surface area contributed by atoms with Crippen molar-refractivity contribution in [1.29, 1.82) is 0 Å². The molecular weight excluding hydrogens is 216 g/mol. The number of nitrogens with zero attached hydrogens (tertiary/aromatic N) is 1. The van der Waals surface area contributed by atoms with Gasteiger partial charge in [-0.25, -0.2) is 4.98 Å². The number of thiazole rings is 1. The molecule has 3 rings (SSSR count). The largest absolute Gasteiger partial charge is 0.360 e. The van der Waals surface area contributed by atoms with Crippen LogP contribution in [0.15, 0.2) is 30.5 Å². The zero-order valence-corrected chi connectivity index (χ0v) is 10.1. The summed E-state index contributed by atoms with van der Waals surface area (Å²) in [5.74, 6) is 0. The molecule has 0 aliphatic heterocycles. The molecule has 1 aromatic carbocycles. The normalized spacial score (nSPS) is 11.1. The van der Waals surface area contributed by atoms with E-state index < -0.39 is 0 Å². The maximum absolute atomic E-state index is 4.60. The van der Waals surface area contributed by atoms with Crippen LogP contribution < -0.4 is 0 Å². The van der Waals surface area contributed by atoms with Gasteiger partial charge in [0.25, 0.3) is 0 Å². The standard InChI is InChI=1S/C13H12N2S/c1-8-9(2)16-13(15-8)11-7-14-12-6-4-3-5-10(11)12/h3-7,14H,1-2H3. The van der Waals surface area contributed by atoms with Gasteiger partial charge in [0, 0.05) is 27.5 Å². The van der Waals surface area contributed by atoms with E-state index in [2.05, 4.69) is 42.0 Å². The highest BCUT2D eigenvalue weighted by Crippen LogP contribution is 2.32. The minimum atomic E-state index is 1.10. The van der Waals surface area contributed by atoms with Crippen LogP contribution >= 0.6 is 11.3 Å². The van der Waals surface area contributed by atoms with Gasteiger partial charge in [0.15, 0.2) is 0 Å². The van der Waals surface area contributed by atoms with E-state index in [-0.39, 0.29) is 0 Å². The smallest absolute Gasteiger partial charge is 0.126 e. The minimum Gasteiger partial charge on any atom is -0.360 e. The molecule has 0 saturated carbocycles. The third-order valence-electron chi connectivity index (χ3n) is 2.85. The number of hydrogen-bond acceptors (Lipinski definition) is 2. The number of benzene rings is 1. The Morgan fingerprint density at radius 1 is 1.19 bits per heavy atom. The van der Waals surface area contributed by atoms with Crippen molar-refractivity contribution in [3.63, 3.8) is 0 Å². The SMILES string of the molecule is Cc1nc(-c2c[nH]c3ccccc23)sc1C. The summed E-state index contributed by atoms with van der Waals surface area (Å²) < 4.78 is 0. The van der Waals surface area contributed by atoms with Gasteiger partial charge in [-0.05, 0) is 19.9 Å². The third-order valence-corrected chi connectivity index (χ3v) is 3.95. The number of H-pyrrole nitrogens is 1. The molecule has 0 bridgehead atoms. The molecule has 2 aromatic heterocycles. The Bertz CT molecular complexity index is 629. The highest BCUT2D eigenvalue weighted by molar-refractivity contribution is 7.15. The first kappa shape index (κ1) is 9.60. The van der Waals surface area contributed by atoms with Crippen LogP contribution in [0.25, 0.3) is 21.5 Å². The van der Waals surface area contributed by atoms with Crippen LogP contribution in [0.5, 0.6) is 0 Å². The van der Waals surface area contributed by atoms with E-state index in [1.54, 1.807) is 11.3 Å². The van der Waals surface area contributed by atoms with Crippen LogP contribution in [0.1, 0.15) is 10.6 Å².